The first-order valence-electron chi connectivity index (χ1n) is 1.60. The Labute approximate surface area is 48.3 Å². The van der Waals surface area contributed by atoms with Crippen molar-refractivity contribution in [2.75, 3.05) is 5.75 Å². The van der Waals surface area contributed by atoms with Gasteiger partial charge in [-0.2, -0.15) is 12.6 Å². The van der Waals surface area contributed by atoms with Gasteiger partial charge < -0.3 is 5.11 Å². The molecule has 3 heteroatoms. The van der Waals surface area contributed by atoms with Crippen LogP contribution in [0.1, 0.15) is 0 Å². The van der Waals surface area contributed by atoms with Gasteiger partial charge in [-0.1, -0.05) is 0 Å². The van der Waals surface area contributed by atoms with Crippen molar-refractivity contribution in [1.29, 1.82) is 0 Å². The molecule has 0 heterocycles. The Hall–Kier alpha value is -0.440. The molecule has 0 amide bonds. The highest BCUT2D eigenvalue weighted by molar-refractivity contribution is 7.81. The van der Waals surface area contributed by atoms with Gasteiger partial charge in [-0.05, 0) is 0 Å². The summed E-state index contributed by atoms with van der Waals surface area (Å²) in [6.45, 7) is 6.00. The van der Waals surface area contributed by atoms with E-state index in [4.69, 9.17) is 5.11 Å². The van der Waals surface area contributed by atoms with E-state index in [1.165, 1.54) is 0 Å². The molecule has 42 valence electrons. The molecule has 1 N–H and O–H groups in total. The number of aliphatic carboxylic acids is 1. The molecule has 0 unspecified atom stereocenters. The minimum atomic E-state index is -0.881. The van der Waals surface area contributed by atoms with Gasteiger partial charge in [0.15, 0.2) is 0 Å². The largest absolute Gasteiger partial charge is 0.481 e. The van der Waals surface area contributed by atoms with E-state index in [9.17, 15) is 4.79 Å². The van der Waals surface area contributed by atoms with Crippen LogP contribution >= 0.6 is 12.6 Å². The van der Waals surface area contributed by atoms with E-state index in [1.807, 2.05) is 0 Å². The summed E-state index contributed by atoms with van der Waals surface area (Å²) in [5, 5.41) is 7.65. The van der Waals surface area contributed by atoms with E-state index in [-0.39, 0.29) is 5.75 Å². The highest BCUT2D eigenvalue weighted by atomic mass is 32.1. The summed E-state index contributed by atoms with van der Waals surface area (Å²) in [5.41, 5.74) is 0. The molecule has 0 aromatic rings. The number of carboxylic acids is 1. The minimum Gasteiger partial charge on any atom is -0.481 e. The highest BCUT2D eigenvalue weighted by Gasteiger charge is 1.81. The maximum atomic E-state index is 9.29. The molecular formula is C4H8O2S. The zero-order valence-corrected chi connectivity index (χ0v) is 4.82. The first kappa shape index (κ1) is 9.75. The van der Waals surface area contributed by atoms with Crippen LogP contribution in [0.2, 0.25) is 0 Å². The fourth-order valence-corrected chi connectivity index (χ4v) is 0. The number of hydrogen-bond donors (Lipinski definition) is 2. The monoisotopic (exact) mass is 120 g/mol. The van der Waals surface area contributed by atoms with Crippen molar-refractivity contribution in [2.24, 2.45) is 0 Å². The maximum absolute atomic E-state index is 9.29. The number of carbonyl (C=O) groups is 1. The van der Waals surface area contributed by atoms with E-state index in [0.717, 1.165) is 0 Å². The third kappa shape index (κ3) is 29.0. The van der Waals surface area contributed by atoms with Crippen LogP contribution in [0.25, 0.3) is 0 Å². The molecule has 0 rings (SSSR count). The molecule has 0 fully saturated rings. The summed E-state index contributed by atoms with van der Waals surface area (Å²) in [6, 6.07) is 0. The Morgan fingerprint density at radius 2 is 1.86 bits per heavy atom. The summed E-state index contributed by atoms with van der Waals surface area (Å²) in [6.07, 6.45) is 0. The predicted octanol–water partition coefficient (Wildman–Crippen LogP) is 0.803. The molecule has 0 saturated carbocycles. The zero-order valence-electron chi connectivity index (χ0n) is 3.92. The van der Waals surface area contributed by atoms with Gasteiger partial charge in [0.2, 0.25) is 0 Å². The van der Waals surface area contributed by atoms with Crippen LogP contribution in [0.15, 0.2) is 13.2 Å². The molecule has 0 bridgehead atoms. The van der Waals surface area contributed by atoms with E-state index < -0.39 is 5.97 Å². The first-order chi connectivity index (χ1) is 3.27. The molecule has 0 saturated heterocycles. The molecule has 0 radical (unpaired) electrons. The number of thiol groups is 1. The SMILES string of the molecule is C=C.O=C(O)CS. The van der Waals surface area contributed by atoms with Crippen LogP contribution < -0.4 is 0 Å². The Kier molecular flexibility index (Phi) is 12.7. The van der Waals surface area contributed by atoms with Crippen LogP contribution in [0.4, 0.5) is 0 Å². The Balaban J connectivity index is 0. The quantitative estimate of drug-likeness (QED) is 0.397. The van der Waals surface area contributed by atoms with Crippen LogP contribution in [0.5, 0.6) is 0 Å². The predicted molar refractivity (Wildman–Crippen MR) is 32.7 cm³/mol. The Bertz CT molecular complexity index is 53.7. The lowest BCUT2D eigenvalue weighted by Gasteiger charge is -1.71. The summed E-state index contributed by atoms with van der Waals surface area (Å²) in [5.74, 6) is -0.965. The molecule has 0 aliphatic carbocycles. The van der Waals surface area contributed by atoms with Gasteiger partial charge in [0.1, 0.15) is 0 Å². The maximum Gasteiger partial charge on any atom is 0.313 e. The molecule has 0 spiro atoms. The van der Waals surface area contributed by atoms with Crippen molar-refractivity contribution in [3.05, 3.63) is 13.2 Å². The third-order valence-corrected chi connectivity index (χ3v) is 0.406. The van der Waals surface area contributed by atoms with Crippen molar-refractivity contribution in [3.63, 3.8) is 0 Å². The van der Waals surface area contributed by atoms with Crippen molar-refractivity contribution in [3.8, 4) is 0 Å². The smallest absolute Gasteiger partial charge is 0.313 e. The molecule has 0 aliphatic heterocycles. The van der Waals surface area contributed by atoms with Crippen molar-refractivity contribution in [1.82, 2.24) is 0 Å². The molecule has 2 nitrogen and oxygen atoms in total. The van der Waals surface area contributed by atoms with Crippen LogP contribution in [-0.4, -0.2) is 16.8 Å². The van der Waals surface area contributed by atoms with Crippen LogP contribution in [-0.2, 0) is 4.79 Å². The summed E-state index contributed by atoms with van der Waals surface area (Å²) < 4.78 is 0. The van der Waals surface area contributed by atoms with E-state index in [0.29, 0.717) is 0 Å². The fourth-order valence-electron chi connectivity index (χ4n) is 0. The average molecular weight is 120 g/mol. The van der Waals surface area contributed by atoms with Crippen LogP contribution in [0, 0.1) is 0 Å². The second-order valence-electron chi connectivity index (χ2n) is 0.552. The second kappa shape index (κ2) is 9.12. The third-order valence-electron chi connectivity index (χ3n) is 0.135. The molecular weight excluding hydrogens is 112 g/mol. The summed E-state index contributed by atoms with van der Waals surface area (Å²) in [4.78, 5) is 9.29. The minimum absolute atomic E-state index is 0.0833. The van der Waals surface area contributed by atoms with Gasteiger partial charge in [-0.15, -0.1) is 13.2 Å². The number of rotatable bonds is 1. The van der Waals surface area contributed by atoms with Gasteiger partial charge >= 0.3 is 5.97 Å². The summed E-state index contributed by atoms with van der Waals surface area (Å²) >= 11 is 3.42. The van der Waals surface area contributed by atoms with Crippen molar-refractivity contribution in [2.45, 2.75) is 0 Å². The highest BCUT2D eigenvalue weighted by Crippen LogP contribution is 1.66. The van der Waals surface area contributed by atoms with E-state index >= 15 is 0 Å². The van der Waals surface area contributed by atoms with Gasteiger partial charge in [0.05, 0.1) is 5.75 Å². The number of hydrogen-bond acceptors (Lipinski definition) is 2. The van der Waals surface area contributed by atoms with Crippen molar-refractivity contribution >= 4 is 18.6 Å². The zero-order chi connectivity index (χ0) is 6.28. The fraction of sp³-hybridized carbons (Fsp3) is 0.250. The second-order valence-corrected chi connectivity index (χ2v) is 0.868. The standard InChI is InChI=1S/C2H4O2S.C2H4/c3-2(4)1-5;1-2/h5H,1H2,(H,3,4);1-2H2. The molecule has 0 aromatic carbocycles. The number of carboxylic acid groups (broad SMARTS) is 1. The lowest BCUT2D eigenvalue weighted by molar-refractivity contribution is -0.133. The Morgan fingerprint density at radius 1 is 1.71 bits per heavy atom. The van der Waals surface area contributed by atoms with Gasteiger partial charge in [-0.25, -0.2) is 0 Å². The molecule has 0 atom stereocenters. The summed E-state index contributed by atoms with van der Waals surface area (Å²) in [7, 11) is 0. The van der Waals surface area contributed by atoms with Crippen LogP contribution in [0.3, 0.4) is 0 Å². The van der Waals surface area contributed by atoms with E-state index in [1.54, 1.807) is 0 Å². The topological polar surface area (TPSA) is 37.3 Å². The normalized spacial score (nSPS) is 5.86. The van der Waals surface area contributed by atoms with Gasteiger partial charge in [0, 0.05) is 0 Å². The van der Waals surface area contributed by atoms with Gasteiger partial charge in [0.25, 0.3) is 0 Å². The van der Waals surface area contributed by atoms with E-state index in [2.05, 4.69) is 25.8 Å². The van der Waals surface area contributed by atoms with Gasteiger partial charge in [-0.3, -0.25) is 4.79 Å². The molecule has 0 aliphatic rings. The lowest BCUT2D eigenvalue weighted by atomic mass is 10.8. The van der Waals surface area contributed by atoms with Crippen molar-refractivity contribution < 1.29 is 9.90 Å². The first-order valence-corrected chi connectivity index (χ1v) is 2.23. The lowest BCUT2D eigenvalue weighted by Crippen LogP contribution is -1.92. The molecule has 7 heavy (non-hydrogen) atoms. The Morgan fingerprint density at radius 3 is 1.86 bits per heavy atom. The average Bonchev–Trinajstić information content (AvgIpc) is 1.73. The molecule has 0 aromatic heterocycles.